The molecule has 2 N–H and O–H groups in total. The van der Waals surface area contributed by atoms with Gasteiger partial charge >= 0.3 is 0 Å². The fourth-order valence-corrected chi connectivity index (χ4v) is 2.48. The number of hydrogen-bond acceptors (Lipinski definition) is 5. The number of carbonyl (C=O) groups excluding carboxylic acids is 1. The van der Waals surface area contributed by atoms with Crippen LogP contribution in [-0.4, -0.2) is 36.2 Å². The number of allylic oxidation sites excluding steroid dienone is 1. The zero-order valence-corrected chi connectivity index (χ0v) is 15.1. The summed E-state index contributed by atoms with van der Waals surface area (Å²) >= 11 is 1.50. The zero-order chi connectivity index (χ0) is 16.8. The van der Waals surface area contributed by atoms with E-state index in [0.717, 1.165) is 12.2 Å². The van der Waals surface area contributed by atoms with Gasteiger partial charge in [-0.15, -0.1) is 0 Å². The summed E-state index contributed by atoms with van der Waals surface area (Å²) in [6.07, 6.45) is 5.53. The Labute approximate surface area is 138 Å². The third kappa shape index (κ3) is 10.8. The first-order valence-electron chi connectivity index (χ1n) is 7.97. The van der Waals surface area contributed by atoms with Crippen LogP contribution in [0.3, 0.4) is 0 Å². The smallest absolute Gasteiger partial charge is 0.201 e. The van der Waals surface area contributed by atoms with Crippen molar-refractivity contribution in [3.8, 4) is 0 Å². The van der Waals surface area contributed by atoms with E-state index in [0.29, 0.717) is 24.1 Å². The molecule has 128 valence electrons. The summed E-state index contributed by atoms with van der Waals surface area (Å²) in [7, 11) is 0. The SMILES string of the molecule is CCCCCCSC(N)=N/C(=C/C(C)=O)C(OCC)OCC. The van der Waals surface area contributed by atoms with E-state index in [4.69, 9.17) is 15.2 Å². The van der Waals surface area contributed by atoms with Crippen LogP contribution >= 0.6 is 11.8 Å². The number of hydrogen-bond donors (Lipinski definition) is 1. The quantitative estimate of drug-likeness (QED) is 0.195. The van der Waals surface area contributed by atoms with Gasteiger partial charge in [-0.25, -0.2) is 4.99 Å². The van der Waals surface area contributed by atoms with Crippen LogP contribution in [0.25, 0.3) is 0 Å². The largest absolute Gasteiger partial charge is 0.378 e. The van der Waals surface area contributed by atoms with Crippen LogP contribution in [0.1, 0.15) is 53.4 Å². The summed E-state index contributed by atoms with van der Waals surface area (Å²) in [5.74, 6) is 0.820. The topological polar surface area (TPSA) is 73.9 Å². The van der Waals surface area contributed by atoms with E-state index in [1.54, 1.807) is 0 Å². The van der Waals surface area contributed by atoms with Crippen LogP contribution in [0.5, 0.6) is 0 Å². The predicted molar refractivity (Wildman–Crippen MR) is 94.0 cm³/mol. The zero-order valence-electron chi connectivity index (χ0n) is 14.3. The van der Waals surface area contributed by atoms with E-state index in [1.165, 1.54) is 44.0 Å². The maximum atomic E-state index is 11.4. The van der Waals surface area contributed by atoms with Crippen LogP contribution < -0.4 is 5.73 Å². The fourth-order valence-electron chi connectivity index (χ4n) is 1.75. The lowest BCUT2D eigenvalue weighted by molar-refractivity contribution is -0.117. The summed E-state index contributed by atoms with van der Waals surface area (Å²) in [5.41, 5.74) is 6.37. The van der Waals surface area contributed by atoms with Crippen LogP contribution in [0, 0.1) is 0 Å². The minimum Gasteiger partial charge on any atom is -0.378 e. The van der Waals surface area contributed by atoms with Crippen molar-refractivity contribution in [2.75, 3.05) is 19.0 Å². The van der Waals surface area contributed by atoms with Gasteiger partial charge in [-0.05, 0) is 27.2 Å². The van der Waals surface area contributed by atoms with Gasteiger partial charge in [0.25, 0.3) is 0 Å². The molecule has 0 atom stereocenters. The molecule has 0 unspecified atom stereocenters. The molecule has 0 bridgehead atoms. The van der Waals surface area contributed by atoms with E-state index in [9.17, 15) is 4.79 Å². The van der Waals surface area contributed by atoms with Gasteiger partial charge in [-0.2, -0.15) is 0 Å². The second-order valence-electron chi connectivity index (χ2n) is 4.78. The van der Waals surface area contributed by atoms with Crippen LogP contribution in [-0.2, 0) is 14.3 Å². The minimum absolute atomic E-state index is 0.107. The van der Waals surface area contributed by atoms with Gasteiger partial charge in [0.1, 0.15) is 5.70 Å². The summed E-state index contributed by atoms with van der Waals surface area (Å²) in [5, 5.41) is 0.438. The van der Waals surface area contributed by atoms with Gasteiger partial charge in [-0.3, -0.25) is 4.79 Å². The van der Waals surface area contributed by atoms with Crippen molar-refractivity contribution in [2.24, 2.45) is 10.7 Å². The molecule has 0 aliphatic carbocycles. The second kappa shape index (κ2) is 13.8. The lowest BCUT2D eigenvalue weighted by Crippen LogP contribution is -2.22. The normalized spacial score (nSPS) is 13.0. The lowest BCUT2D eigenvalue weighted by atomic mass is 10.2. The molecule has 0 spiro atoms. The molecule has 0 saturated heterocycles. The average Bonchev–Trinajstić information content (AvgIpc) is 2.45. The second-order valence-corrected chi connectivity index (χ2v) is 5.90. The highest BCUT2D eigenvalue weighted by molar-refractivity contribution is 8.13. The molecular weight excluding hydrogens is 300 g/mol. The lowest BCUT2D eigenvalue weighted by Gasteiger charge is -2.17. The van der Waals surface area contributed by atoms with E-state index < -0.39 is 6.29 Å². The Kier molecular flexibility index (Phi) is 13.3. The summed E-state index contributed by atoms with van der Waals surface area (Å²) in [4.78, 5) is 15.7. The van der Waals surface area contributed by atoms with E-state index in [1.807, 2.05) is 13.8 Å². The number of amidine groups is 1. The van der Waals surface area contributed by atoms with E-state index in [2.05, 4.69) is 11.9 Å². The number of thioether (sulfide) groups is 1. The third-order valence-electron chi connectivity index (χ3n) is 2.72. The molecule has 5 nitrogen and oxygen atoms in total. The highest BCUT2D eigenvalue weighted by Gasteiger charge is 2.15. The molecule has 0 heterocycles. The number of nitrogens with zero attached hydrogens (tertiary/aromatic N) is 1. The molecule has 22 heavy (non-hydrogen) atoms. The number of carbonyl (C=O) groups is 1. The Morgan fingerprint density at radius 2 is 1.82 bits per heavy atom. The van der Waals surface area contributed by atoms with Gasteiger partial charge in [-0.1, -0.05) is 37.9 Å². The van der Waals surface area contributed by atoms with Gasteiger partial charge < -0.3 is 15.2 Å². The minimum atomic E-state index is -0.654. The molecule has 0 aromatic carbocycles. The van der Waals surface area contributed by atoms with Gasteiger partial charge in [0.2, 0.25) is 6.29 Å². The molecule has 6 heteroatoms. The summed E-state index contributed by atoms with van der Waals surface area (Å²) < 4.78 is 11.0. The number of rotatable bonds is 12. The molecule has 0 amide bonds. The Morgan fingerprint density at radius 3 is 2.32 bits per heavy atom. The Hall–Kier alpha value is -0.850. The van der Waals surface area contributed by atoms with E-state index >= 15 is 0 Å². The highest BCUT2D eigenvalue weighted by atomic mass is 32.2. The number of aliphatic imine (C=N–C) groups is 1. The summed E-state index contributed by atoms with van der Waals surface area (Å²) in [6, 6.07) is 0. The van der Waals surface area contributed by atoms with Gasteiger partial charge in [0, 0.05) is 25.0 Å². The van der Waals surface area contributed by atoms with Crippen molar-refractivity contribution in [2.45, 2.75) is 59.7 Å². The Balaban J connectivity index is 4.73. The van der Waals surface area contributed by atoms with Crippen molar-refractivity contribution >= 4 is 22.7 Å². The first kappa shape index (κ1) is 21.1. The highest BCUT2D eigenvalue weighted by Crippen LogP contribution is 2.15. The molecule has 0 saturated carbocycles. The Bertz CT molecular complexity index is 364. The van der Waals surface area contributed by atoms with Crippen molar-refractivity contribution in [3.05, 3.63) is 11.8 Å². The maximum absolute atomic E-state index is 11.4. The first-order chi connectivity index (χ1) is 10.5. The van der Waals surface area contributed by atoms with Crippen molar-refractivity contribution in [3.63, 3.8) is 0 Å². The number of ether oxygens (including phenoxy) is 2. The molecule has 0 aliphatic heterocycles. The van der Waals surface area contributed by atoms with Crippen molar-refractivity contribution in [1.29, 1.82) is 0 Å². The van der Waals surface area contributed by atoms with Crippen LogP contribution in [0.15, 0.2) is 16.8 Å². The fraction of sp³-hybridized carbons (Fsp3) is 0.750. The van der Waals surface area contributed by atoms with Crippen LogP contribution in [0.2, 0.25) is 0 Å². The molecule has 0 aliphatic rings. The molecule has 0 radical (unpaired) electrons. The van der Waals surface area contributed by atoms with Gasteiger partial charge in [0.05, 0.1) is 0 Å². The first-order valence-corrected chi connectivity index (χ1v) is 8.95. The summed E-state index contributed by atoms with van der Waals surface area (Å²) in [6.45, 7) is 8.33. The van der Waals surface area contributed by atoms with Crippen molar-refractivity contribution < 1.29 is 14.3 Å². The van der Waals surface area contributed by atoms with Crippen LogP contribution in [0.4, 0.5) is 0 Å². The predicted octanol–water partition coefficient (Wildman–Crippen LogP) is 3.49. The van der Waals surface area contributed by atoms with E-state index in [-0.39, 0.29) is 5.78 Å². The molecule has 0 aromatic rings. The third-order valence-corrected chi connectivity index (χ3v) is 3.60. The number of ketones is 1. The molecular formula is C16H30N2O3S. The Morgan fingerprint density at radius 1 is 1.18 bits per heavy atom. The maximum Gasteiger partial charge on any atom is 0.201 e. The molecule has 0 rings (SSSR count). The number of unbranched alkanes of at least 4 members (excludes halogenated alkanes) is 3. The van der Waals surface area contributed by atoms with Crippen molar-refractivity contribution in [1.82, 2.24) is 0 Å². The molecule has 0 fully saturated rings. The average molecular weight is 330 g/mol. The van der Waals surface area contributed by atoms with Gasteiger partial charge in [0.15, 0.2) is 11.0 Å². The monoisotopic (exact) mass is 330 g/mol. The molecule has 0 aromatic heterocycles. The standard InChI is InChI=1S/C16H30N2O3S/c1-5-8-9-10-11-22-16(17)18-14(12-13(4)19)15(20-6-2)21-7-3/h12,15H,5-11H2,1-4H3,(H2,17,18)/b14-12+. The number of nitrogens with two attached hydrogens (primary N) is 1.